The molecule has 2 rings (SSSR count). The Labute approximate surface area is 69.6 Å². The van der Waals surface area contributed by atoms with Crippen LogP contribution in [0.5, 0.6) is 0 Å². The molecule has 1 aromatic carbocycles. The van der Waals surface area contributed by atoms with Crippen LogP contribution in [-0.2, 0) is 7.05 Å². The molecule has 2 aromatic rings. The summed E-state index contributed by atoms with van der Waals surface area (Å²) in [5.74, 6) is 0. The van der Waals surface area contributed by atoms with Gasteiger partial charge in [-0.3, -0.25) is 0 Å². The molecule has 0 fully saturated rings. The molecule has 62 valence electrons. The first-order valence-corrected chi connectivity index (χ1v) is 3.72. The standard InChI is InChI=1S/C8H9N3O/c1-6-3-4-7-8(5-6)11(12)9-10(7)2/h3-5H,1-2H3. The fourth-order valence-corrected chi connectivity index (χ4v) is 1.28. The minimum absolute atomic E-state index is 0.623. The second-order valence-electron chi connectivity index (χ2n) is 2.88. The second kappa shape index (κ2) is 2.20. The molecule has 0 atom stereocenters. The number of benzene rings is 1. The van der Waals surface area contributed by atoms with Crippen LogP contribution >= 0.6 is 0 Å². The van der Waals surface area contributed by atoms with E-state index in [1.807, 2.05) is 25.1 Å². The molecule has 0 unspecified atom stereocenters. The molecule has 0 amide bonds. The van der Waals surface area contributed by atoms with Gasteiger partial charge in [0.25, 0.3) is 0 Å². The molecule has 0 saturated carbocycles. The molecule has 0 bridgehead atoms. The average molecular weight is 163 g/mol. The third-order valence-corrected chi connectivity index (χ3v) is 1.90. The van der Waals surface area contributed by atoms with E-state index in [9.17, 15) is 5.21 Å². The summed E-state index contributed by atoms with van der Waals surface area (Å²) >= 11 is 0. The number of hydrogen-bond donors (Lipinski definition) is 0. The molecular formula is C8H9N3O. The number of nitrogens with zero attached hydrogens (tertiary/aromatic N) is 3. The van der Waals surface area contributed by atoms with Crippen molar-refractivity contribution in [1.82, 2.24) is 9.90 Å². The van der Waals surface area contributed by atoms with Gasteiger partial charge in [0.05, 0.1) is 5.21 Å². The Bertz CT molecular complexity index is 433. The monoisotopic (exact) mass is 163 g/mol. The molecule has 0 aliphatic rings. The van der Waals surface area contributed by atoms with E-state index >= 15 is 0 Å². The molecule has 0 radical (unpaired) electrons. The van der Waals surface area contributed by atoms with Crippen LogP contribution < -0.4 is 4.85 Å². The van der Waals surface area contributed by atoms with Gasteiger partial charge in [-0.15, -0.1) is 9.53 Å². The SMILES string of the molecule is Cc1ccc2c(c1)[n+]([O-])nn2C. The third kappa shape index (κ3) is 0.845. The number of fused-ring (bicyclic) bond motifs is 1. The highest BCUT2D eigenvalue weighted by Crippen LogP contribution is 2.09. The van der Waals surface area contributed by atoms with Crippen molar-refractivity contribution in [2.75, 3.05) is 0 Å². The molecule has 0 N–H and O–H groups in total. The van der Waals surface area contributed by atoms with Gasteiger partial charge >= 0.3 is 0 Å². The van der Waals surface area contributed by atoms with Crippen molar-refractivity contribution >= 4 is 11.0 Å². The largest absolute Gasteiger partial charge is 0.691 e. The van der Waals surface area contributed by atoms with E-state index in [2.05, 4.69) is 5.21 Å². The summed E-state index contributed by atoms with van der Waals surface area (Å²) in [6, 6.07) is 5.69. The number of rotatable bonds is 0. The zero-order chi connectivity index (χ0) is 8.72. The van der Waals surface area contributed by atoms with Crippen molar-refractivity contribution in [3.8, 4) is 0 Å². The minimum atomic E-state index is 0.623. The topological polar surface area (TPSA) is 44.8 Å². The van der Waals surface area contributed by atoms with Crippen LogP contribution in [0.1, 0.15) is 5.56 Å². The van der Waals surface area contributed by atoms with Crippen molar-refractivity contribution in [3.05, 3.63) is 29.0 Å². The maximum absolute atomic E-state index is 11.1. The molecule has 1 heterocycles. The third-order valence-electron chi connectivity index (χ3n) is 1.90. The predicted molar refractivity (Wildman–Crippen MR) is 44.4 cm³/mol. The zero-order valence-electron chi connectivity index (χ0n) is 6.98. The van der Waals surface area contributed by atoms with Crippen molar-refractivity contribution in [2.24, 2.45) is 7.05 Å². The van der Waals surface area contributed by atoms with E-state index in [1.54, 1.807) is 11.7 Å². The fraction of sp³-hybridized carbons (Fsp3) is 0.250. The lowest BCUT2D eigenvalue weighted by atomic mass is 10.2. The summed E-state index contributed by atoms with van der Waals surface area (Å²) in [6.07, 6.45) is 0. The molecule has 1 aromatic heterocycles. The minimum Gasteiger partial charge on any atom is -0.691 e. The average Bonchev–Trinajstić information content (AvgIpc) is 2.28. The van der Waals surface area contributed by atoms with Crippen LogP contribution in [0.25, 0.3) is 11.0 Å². The Morgan fingerprint density at radius 2 is 2.25 bits per heavy atom. The quantitative estimate of drug-likeness (QED) is 0.419. The first-order chi connectivity index (χ1) is 5.68. The Morgan fingerprint density at radius 3 is 3.00 bits per heavy atom. The van der Waals surface area contributed by atoms with Crippen molar-refractivity contribution in [1.29, 1.82) is 0 Å². The zero-order valence-corrected chi connectivity index (χ0v) is 6.98. The number of aryl methyl sites for hydroxylation is 2. The lowest BCUT2D eigenvalue weighted by Crippen LogP contribution is -2.29. The Balaban J connectivity index is 2.90. The van der Waals surface area contributed by atoms with E-state index in [4.69, 9.17) is 0 Å². The van der Waals surface area contributed by atoms with Gasteiger partial charge in [-0.05, 0) is 24.6 Å². The van der Waals surface area contributed by atoms with Gasteiger partial charge < -0.3 is 5.21 Å². The van der Waals surface area contributed by atoms with E-state index in [-0.39, 0.29) is 0 Å². The van der Waals surface area contributed by atoms with E-state index in [0.717, 1.165) is 11.1 Å². The molecule has 0 aliphatic carbocycles. The summed E-state index contributed by atoms with van der Waals surface area (Å²) in [5.41, 5.74) is 2.55. The summed E-state index contributed by atoms with van der Waals surface area (Å²) in [4.78, 5) is 0.641. The van der Waals surface area contributed by atoms with Crippen molar-refractivity contribution < 1.29 is 4.85 Å². The van der Waals surface area contributed by atoms with Crippen molar-refractivity contribution in [2.45, 2.75) is 6.92 Å². The first kappa shape index (κ1) is 7.09. The van der Waals surface area contributed by atoms with Gasteiger partial charge in [0, 0.05) is 0 Å². The highest BCUT2D eigenvalue weighted by molar-refractivity contribution is 5.71. The molecule has 12 heavy (non-hydrogen) atoms. The van der Waals surface area contributed by atoms with Crippen molar-refractivity contribution in [3.63, 3.8) is 0 Å². The lowest BCUT2D eigenvalue weighted by Gasteiger charge is -1.92. The van der Waals surface area contributed by atoms with Gasteiger partial charge in [-0.1, -0.05) is 6.07 Å². The van der Waals surface area contributed by atoms with Crippen LogP contribution in [-0.4, -0.2) is 9.90 Å². The molecule has 4 nitrogen and oxygen atoms in total. The summed E-state index contributed by atoms with van der Waals surface area (Å²) in [5, 5.41) is 14.8. The van der Waals surface area contributed by atoms with Crippen LogP contribution in [0.2, 0.25) is 0 Å². The van der Waals surface area contributed by atoms with Gasteiger partial charge in [0.1, 0.15) is 7.05 Å². The van der Waals surface area contributed by atoms with Gasteiger partial charge in [-0.25, -0.2) is 0 Å². The molecule has 0 aliphatic heterocycles. The van der Waals surface area contributed by atoms with Crippen LogP contribution in [0.15, 0.2) is 18.2 Å². The van der Waals surface area contributed by atoms with E-state index < -0.39 is 0 Å². The molecular weight excluding hydrogens is 154 g/mol. The van der Waals surface area contributed by atoms with E-state index in [0.29, 0.717) is 10.4 Å². The maximum atomic E-state index is 11.1. The van der Waals surface area contributed by atoms with Crippen LogP contribution in [0.4, 0.5) is 0 Å². The van der Waals surface area contributed by atoms with Gasteiger partial charge in [-0.2, -0.15) is 0 Å². The lowest BCUT2D eigenvalue weighted by molar-refractivity contribution is -0.646. The Hall–Kier alpha value is -1.58. The number of aromatic nitrogens is 3. The highest BCUT2D eigenvalue weighted by atomic mass is 16.5. The summed E-state index contributed by atoms with van der Waals surface area (Å²) in [6.45, 7) is 1.95. The van der Waals surface area contributed by atoms with E-state index in [1.165, 1.54) is 0 Å². The van der Waals surface area contributed by atoms with Crippen LogP contribution in [0, 0.1) is 12.1 Å². The first-order valence-electron chi connectivity index (χ1n) is 3.72. The summed E-state index contributed by atoms with van der Waals surface area (Å²) in [7, 11) is 1.76. The summed E-state index contributed by atoms with van der Waals surface area (Å²) < 4.78 is 1.57. The van der Waals surface area contributed by atoms with Crippen LogP contribution in [0.3, 0.4) is 0 Å². The normalized spacial score (nSPS) is 10.8. The Kier molecular flexibility index (Phi) is 1.30. The predicted octanol–water partition coefficient (Wildman–Crippen LogP) is 0.515. The van der Waals surface area contributed by atoms with Gasteiger partial charge in [0.2, 0.25) is 5.52 Å². The highest BCUT2D eigenvalue weighted by Gasteiger charge is 2.09. The molecule has 4 heteroatoms. The number of hydrogen-bond acceptors (Lipinski definition) is 2. The van der Waals surface area contributed by atoms with Gasteiger partial charge in [0.15, 0.2) is 5.52 Å². The smallest absolute Gasteiger partial charge is 0.202 e. The Morgan fingerprint density at radius 1 is 1.50 bits per heavy atom. The maximum Gasteiger partial charge on any atom is 0.202 e. The molecule has 0 spiro atoms. The second-order valence-corrected chi connectivity index (χ2v) is 2.88. The molecule has 0 saturated heterocycles. The fourth-order valence-electron chi connectivity index (χ4n) is 1.28.